The molecule has 1 atom stereocenters. The van der Waals surface area contributed by atoms with Gasteiger partial charge in [-0.15, -0.1) is 0 Å². The number of rotatable bonds is 5. The number of halogens is 1. The molecule has 7 heteroatoms. The summed E-state index contributed by atoms with van der Waals surface area (Å²) in [6.07, 6.45) is 0. The summed E-state index contributed by atoms with van der Waals surface area (Å²) < 4.78 is 38.8. The first-order chi connectivity index (χ1) is 7.86. The van der Waals surface area contributed by atoms with Crippen LogP contribution in [0.2, 0.25) is 0 Å². The molecule has 0 amide bonds. The summed E-state index contributed by atoms with van der Waals surface area (Å²) in [6, 6.07) is 3.14. The van der Waals surface area contributed by atoms with Crippen molar-refractivity contribution < 1.29 is 17.9 Å². The Morgan fingerprint density at radius 1 is 1.53 bits per heavy atom. The van der Waals surface area contributed by atoms with Crippen LogP contribution in [0.1, 0.15) is 6.92 Å². The van der Waals surface area contributed by atoms with Gasteiger partial charge in [0.15, 0.2) is 0 Å². The Hall–Kier alpha value is -1.18. The molecule has 0 saturated carbocycles. The van der Waals surface area contributed by atoms with E-state index in [0.29, 0.717) is 0 Å². The highest BCUT2D eigenvalue weighted by atomic mass is 32.2. The van der Waals surface area contributed by atoms with Crippen LogP contribution in [0.15, 0.2) is 23.1 Å². The van der Waals surface area contributed by atoms with Gasteiger partial charge < -0.3 is 10.8 Å². The van der Waals surface area contributed by atoms with Crippen LogP contribution in [0.25, 0.3) is 0 Å². The molecule has 1 aromatic rings. The molecule has 1 unspecified atom stereocenters. The number of nitrogens with one attached hydrogen (secondary N) is 1. The lowest BCUT2D eigenvalue weighted by atomic mass is 10.2. The SMILES string of the molecule is CC(CO)CNS(=O)(=O)c1cc(F)ccc1N. The zero-order valence-corrected chi connectivity index (χ0v) is 10.2. The molecule has 0 saturated heterocycles. The van der Waals surface area contributed by atoms with Crippen molar-refractivity contribution in [3.8, 4) is 0 Å². The van der Waals surface area contributed by atoms with E-state index in [0.717, 1.165) is 12.1 Å². The second-order valence-electron chi connectivity index (χ2n) is 3.82. The van der Waals surface area contributed by atoms with Gasteiger partial charge in [-0.05, 0) is 24.1 Å². The van der Waals surface area contributed by atoms with Gasteiger partial charge in [0.25, 0.3) is 0 Å². The molecular weight excluding hydrogens is 247 g/mol. The quantitative estimate of drug-likeness (QED) is 0.666. The van der Waals surface area contributed by atoms with Gasteiger partial charge in [-0.25, -0.2) is 17.5 Å². The van der Waals surface area contributed by atoms with E-state index in [1.54, 1.807) is 6.92 Å². The van der Waals surface area contributed by atoms with Crippen molar-refractivity contribution in [2.75, 3.05) is 18.9 Å². The van der Waals surface area contributed by atoms with Crippen LogP contribution >= 0.6 is 0 Å². The van der Waals surface area contributed by atoms with Crippen molar-refractivity contribution in [3.63, 3.8) is 0 Å². The predicted octanol–water partition coefficient (Wildman–Crippen LogP) is 0.315. The monoisotopic (exact) mass is 262 g/mol. The third-order valence-corrected chi connectivity index (χ3v) is 3.68. The molecule has 1 rings (SSSR count). The van der Waals surface area contributed by atoms with Gasteiger partial charge in [-0.3, -0.25) is 0 Å². The van der Waals surface area contributed by atoms with Crippen LogP contribution < -0.4 is 10.5 Å². The maximum absolute atomic E-state index is 13.0. The summed E-state index contributed by atoms with van der Waals surface area (Å²) in [7, 11) is -3.84. The maximum atomic E-state index is 13.0. The van der Waals surface area contributed by atoms with Crippen molar-refractivity contribution >= 4 is 15.7 Å². The van der Waals surface area contributed by atoms with E-state index >= 15 is 0 Å². The number of hydrogen-bond donors (Lipinski definition) is 3. The number of aliphatic hydroxyl groups is 1. The fraction of sp³-hybridized carbons (Fsp3) is 0.400. The second-order valence-corrected chi connectivity index (χ2v) is 5.56. The molecule has 96 valence electrons. The first-order valence-electron chi connectivity index (χ1n) is 5.02. The minimum Gasteiger partial charge on any atom is -0.398 e. The Morgan fingerprint density at radius 3 is 2.76 bits per heavy atom. The number of nitrogen functional groups attached to an aromatic ring is 1. The van der Waals surface area contributed by atoms with E-state index < -0.39 is 15.8 Å². The van der Waals surface area contributed by atoms with E-state index in [1.165, 1.54) is 6.07 Å². The first-order valence-corrected chi connectivity index (χ1v) is 6.50. The summed E-state index contributed by atoms with van der Waals surface area (Å²) in [5.74, 6) is -0.894. The van der Waals surface area contributed by atoms with Gasteiger partial charge >= 0.3 is 0 Å². The Labute approximate surface area is 99.5 Å². The van der Waals surface area contributed by atoms with Gasteiger partial charge in [0.2, 0.25) is 10.0 Å². The predicted molar refractivity (Wildman–Crippen MR) is 62.3 cm³/mol. The molecule has 0 aliphatic carbocycles. The van der Waals surface area contributed by atoms with Crippen LogP contribution in [0.3, 0.4) is 0 Å². The minimum atomic E-state index is -3.84. The van der Waals surface area contributed by atoms with Gasteiger partial charge in [0.1, 0.15) is 10.7 Å². The highest BCUT2D eigenvalue weighted by molar-refractivity contribution is 7.89. The fourth-order valence-corrected chi connectivity index (χ4v) is 2.44. The Bertz CT molecular complexity index is 490. The zero-order valence-electron chi connectivity index (χ0n) is 9.35. The first kappa shape index (κ1) is 13.9. The fourth-order valence-electron chi connectivity index (χ4n) is 1.14. The average molecular weight is 262 g/mol. The summed E-state index contributed by atoms with van der Waals surface area (Å²) >= 11 is 0. The van der Waals surface area contributed by atoms with Crippen molar-refractivity contribution in [1.82, 2.24) is 4.72 Å². The highest BCUT2D eigenvalue weighted by Gasteiger charge is 2.18. The van der Waals surface area contributed by atoms with Crippen molar-refractivity contribution in [2.45, 2.75) is 11.8 Å². The van der Waals surface area contributed by atoms with Gasteiger partial charge in [-0.1, -0.05) is 6.92 Å². The van der Waals surface area contributed by atoms with Crippen LogP contribution in [0, 0.1) is 11.7 Å². The Balaban J connectivity index is 2.93. The molecule has 0 heterocycles. The summed E-state index contributed by atoms with van der Waals surface area (Å²) in [5.41, 5.74) is 5.46. The molecule has 0 fully saturated rings. The Morgan fingerprint density at radius 2 is 2.18 bits per heavy atom. The van der Waals surface area contributed by atoms with Gasteiger partial charge in [0, 0.05) is 13.2 Å². The van der Waals surface area contributed by atoms with Crippen LogP contribution in [0.4, 0.5) is 10.1 Å². The molecule has 4 N–H and O–H groups in total. The lowest BCUT2D eigenvalue weighted by Gasteiger charge is -2.11. The lowest BCUT2D eigenvalue weighted by Crippen LogP contribution is -2.30. The molecule has 0 aliphatic rings. The van der Waals surface area contributed by atoms with E-state index in [1.807, 2.05) is 0 Å². The third kappa shape index (κ3) is 3.65. The van der Waals surface area contributed by atoms with E-state index in [-0.39, 0.29) is 29.7 Å². The lowest BCUT2D eigenvalue weighted by molar-refractivity contribution is 0.238. The molecule has 1 aromatic carbocycles. The van der Waals surface area contributed by atoms with Gasteiger partial charge in [0.05, 0.1) is 5.69 Å². The molecular formula is C10H15FN2O3S. The number of aliphatic hydroxyl groups excluding tert-OH is 1. The van der Waals surface area contributed by atoms with Crippen LogP contribution in [-0.4, -0.2) is 26.7 Å². The summed E-state index contributed by atoms with van der Waals surface area (Å²) in [4.78, 5) is -0.289. The average Bonchev–Trinajstić information content (AvgIpc) is 2.29. The maximum Gasteiger partial charge on any atom is 0.242 e. The second kappa shape index (κ2) is 5.44. The van der Waals surface area contributed by atoms with Crippen molar-refractivity contribution in [3.05, 3.63) is 24.0 Å². The molecule has 5 nitrogen and oxygen atoms in total. The molecule has 0 aliphatic heterocycles. The third-order valence-electron chi connectivity index (χ3n) is 2.20. The summed E-state index contributed by atoms with van der Waals surface area (Å²) in [5, 5.41) is 8.78. The zero-order chi connectivity index (χ0) is 13.1. The number of sulfonamides is 1. The van der Waals surface area contributed by atoms with E-state index in [2.05, 4.69) is 4.72 Å². The standard InChI is InChI=1S/C10H15FN2O3S/c1-7(6-14)5-13-17(15,16)10-4-8(11)2-3-9(10)12/h2-4,7,13-14H,5-6,12H2,1H3. The largest absolute Gasteiger partial charge is 0.398 e. The van der Waals surface area contributed by atoms with Crippen LogP contribution in [-0.2, 0) is 10.0 Å². The van der Waals surface area contributed by atoms with Crippen molar-refractivity contribution in [2.24, 2.45) is 5.92 Å². The minimum absolute atomic E-state index is 0.0180. The number of nitrogens with two attached hydrogens (primary N) is 1. The molecule has 0 radical (unpaired) electrons. The topological polar surface area (TPSA) is 92.4 Å². The van der Waals surface area contributed by atoms with E-state index in [9.17, 15) is 12.8 Å². The summed E-state index contributed by atoms with van der Waals surface area (Å²) in [6.45, 7) is 1.60. The smallest absolute Gasteiger partial charge is 0.242 e. The van der Waals surface area contributed by atoms with Crippen molar-refractivity contribution in [1.29, 1.82) is 0 Å². The number of benzene rings is 1. The van der Waals surface area contributed by atoms with Gasteiger partial charge in [-0.2, -0.15) is 0 Å². The molecule has 0 spiro atoms. The Kier molecular flexibility index (Phi) is 4.44. The number of hydrogen-bond acceptors (Lipinski definition) is 4. The number of anilines is 1. The highest BCUT2D eigenvalue weighted by Crippen LogP contribution is 2.19. The van der Waals surface area contributed by atoms with Crippen LogP contribution in [0.5, 0.6) is 0 Å². The molecule has 17 heavy (non-hydrogen) atoms. The normalized spacial score (nSPS) is 13.6. The molecule has 0 aromatic heterocycles. The molecule has 0 bridgehead atoms. The van der Waals surface area contributed by atoms with E-state index in [4.69, 9.17) is 10.8 Å².